The fourth-order valence-corrected chi connectivity index (χ4v) is 1.76. The molecule has 106 valence electrons. The maximum absolute atomic E-state index is 13.8. The van der Waals surface area contributed by atoms with Crippen molar-refractivity contribution in [2.75, 3.05) is 27.9 Å². The fraction of sp³-hybridized carbons (Fsp3) is 0.417. The molecule has 0 fully saturated rings. The zero-order chi connectivity index (χ0) is 14.4. The number of halogens is 2. The molecule has 1 aromatic carbocycles. The van der Waals surface area contributed by atoms with Gasteiger partial charge in [0.25, 0.3) is 0 Å². The van der Waals surface area contributed by atoms with E-state index in [1.165, 1.54) is 27.4 Å². The molecule has 19 heavy (non-hydrogen) atoms. The third-order valence-corrected chi connectivity index (χ3v) is 2.77. The van der Waals surface area contributed by atoms with E-state index in [-0.39, 0.29) is 17.9 Å². The normalized spacial score (nSPS) is 10.6. The van der Waals surface area contributed by atoms with Crippen molar-refractivity contribution in [2.45, 2.75) is 6.29 Å². The summed E-state index contributed by atoms with van der Waals surface area (Å²) in [4.78, 5) is 11.5. The molecule has 0 aromatic heterocycles. The highest BCUT2D eigenvalue weighted by Crippen LogP contribution is 2.27. The Balaban J connectivity index is 3.01. The Labute approximate surface area is 118 Å². The summed E-state index contributed by atoms with van der Waals surface area (Å²) < 4.78 is 34.0. The third-order valence-electron chi connectivity index (χ3n) is 2.31. The Hall–Kier alpha value is -1.18. The van der Waals surface area contributed by atoms with Gasteiger partial charge >= 0.3 is 5.97 Å². The predicted molar refractivity (Wildman–Crippen MR) is 68.7 cm³/mol. The molecule has 1 aromatic rings. The lowest BCUT2D eigenvalue weighted by Crippen LogP contribution is -2.23. The highest BCUT2D eigenvalue weighted by atomic mass is 79.9. The molecule has 0 saturated carbocycles. The van der Waals surface area contributed by atoms with Crippen molar-refractivity contribution in [1.29, 1.82) is 0 Å². The predicted octanol–water partition coefficient (Wildman–Crippen LogP) is 2.37. The summed E-state index contributed by atoms with van der Waals surface area (Å²) in [7, 11) is 4.06. The molecule has 5 nitrogen and oxygen atoms in total. The zero-order valence-corrected chi connectivity index (χ0v) is 12.3. The van der Waals surface area contributed by atoms with Gasteiger partial charge < -0.3 is 18.9 Å². The smallest absolute Gasteiger partial charge is 0.344 e. The van der Waals surface area contributed by atoms with Crippen LogP contribution in [0.25, 0.3) is 0 Å². The number of rotatable bonds is 6. The molecule has 7 heteroatoms. The number of carbonyl (C=O) groups is 1. The van der Waals surface area contributed by atoms with Crippen LogP contribution in [0.2, 0.25) is 0 Å². The fourth-order valence-electron chi connectivity index (χ4n) is 1.35. The summed E-state index contributed by atoms with van der Waals surface area (Å²) in [5, 5.41) is 0. The molecule has 0 aliphatic heterocycles. The van der Waals surface area contributed by atoms with Crippen LogP contribution < -0.4 is 4.74 Å². The highest BCUT2D eigenvalue weighted by Gasteiger charge is 2.21. The van der Waals surface area contributed by atoms with Crippen LogP contribution in [0.5, 0.6) is 5.75 Å². The molecular formula is C12H14BrFO5. The van der Waals surface area contributed by atoms with Gasteiger partial charge in [-0.3, -0.25) is 0 Å². The van der Waals surface area contributed by atoms with Crippen molar-refractivity contribution >= 4 is 21.9 Å². The third kappa shape index (κ3) is 4.15. The first-order valence-corrected chi connectivity index (χ1v) is 6.08. The molecule has 0 N–H and O–H groups in total. The first-order chi connectivity index (χ1) is 9.03. The second-order valence-electron chi connectivity index (χ2n) is 3.46. The topological polar surface area (TPSA) is 54.0 Å². The molecule has 0 saturated heterocycles. The SMILES string of the molecule is COC(=O)c1c(F)cc(Br)cc1OCC(OC)OC. The molecule has 0 aliphatic rings. The minimum absolute atomic E-state index is 0.00683. The maximum Gasteiger partial charge on any atom is 0.344 e. The molecule has 0 bridgehead atoms. The van der Waals surface area contributed by atoms with Crippen molar-refractivity contribution in [1.82, 2.24) is 0 Å². The van der Waals surface area contributed by atoms with Gasteiger partial charge in [-0.05, 0) is 12.1 Å². The monoisotopic (exact) mass is 336 g/mol. The standard InChI is InChI=1S/C12H14BrFO5/c1-16-10(17-2)6-19-9-5-7(13)4-8(14)11(9)12(15)18-3/h4-5,10H,6H2,1-3H3. The summed E-state index contributed by atoms with van der Waals surface area (Å²) in [6.45, 7) is 0.00683. The summed E-state index contributed by atoms with van der Waals surface area (Å²) in [6, 6.07) is 2.63. The largest absolute Gasteiger partial charge is 0.487 e. The summed E-state index contributed by atoms with van der Waals surface area (Å²) in [5.41, 5.74) is -0.267. The first-order valence-electron chi connectivity index (χ1n) is 5.29. The second-order valence-corrected chi connectivity index (χ2v) is 4.38. The Bertz CT molecular complexity index is 448. The second kappa shape index (κ2) is 7.42. The quantitative estimate of drug-likeness (QED) is 0.589. The molecule has 0 spiro atoms. The zero-order valence-electron chi connectivity index (χ0n) is 10.7. The van der Waals surface area contributed by atoms with E-state index in [9.17, 15) is 9.18 Å². The Morgan fingerprint density at radius 2 is 1.95 bits per heavy atom. The van der Waals surface area contributed by atoms with E-state index in [1.54, 1.807) is 0 Å². The van der Waals surface area contributed by atoms with Crippen LogP contribution in [0.3, 0.4) is 0 Å². The maximum atomic E-state index is 13.8. The van der Waals surface area contributed by atoms with Crippen LogP contribution in [0.1, 0.15) is 10.4 Å². The molecular weight excluding hydrogens is 323 g/mol. The molecule has 0 unspecified atom stereocenters. The Morgan fingerprint density at radius 3 is 2.47 bits per heavy atom. The van der Waals surface area contributed by atoms with Crippen LogP contribution in [0.4, 0.5) is 4.39 Å². The first kappa shape index (κ1) is 15.9. The number of esters is 1. The van der Waals surface area contributed by atoms with Crippen molar-refractivity contribution in [2.24, 2.45) is 0 Å². The van der Waals surface area contributed by atoms with Gasteiger partial charge in [0, 0.05) is 18.7 Å². The van der Waals surface area contributed by atoms with Gasteiger partial charge in [-0.1, -0.05) is 15.9 Å². The van der Waals surface area contributed by atoms with E-state index in [2.05, 4.69) is 20.7 Å². The lowest BCUT2D eigenvalue weighted by molar-refractivity contribution is -0.122. The van der Waals surface area contributed by atoms with Crippen LogP contribution in [0, 0.1) is 5.82 Å². The minimum atomic E-state index is -0.814. The van der Waals surface area contributed by atoms with Gasteiger partial charge in [-0.25, -0.2) is 9.18 Å². The molecule has 1 rings (SSSR count). The van der Waals surface area contributed by atoms with E-state index < -0.39 is 18.1 Å². The van der Waals surface area contributed by atoms with Gasteiger partial charge in [-0.2, -0.15) is 0 Å². The molecule has 0 atom stereocenters. The van der Waals surface area contributed by atoms with E-state index in [0.29, 0.717) is 4.47 Å². The van der Waals surface area contributed by atoms with Crippen molar-refractivity contribution in [3.05, 3.63) is 28.0 Å². The number of hydrogen-bond donors (Lipinski definition) is 0. The van der Waals surface area contributed by atoms with E-state index in [4.69, 9.17) is 14.2 Å². The van der Waals surface area contributed by atoms with Gasteiger partial charge in [0.2, 0.25) is 0 Å². The lowest BCUT2D eigenvalue weighted by Gasteiger charge is -2.16. The Morgan fingerprint density at radius 1 is 1.32 bits per heavy atom. The highest BCUT2D eigenvalue weighted by molar-refractivity contribution is 9.10. The molecule has 0 aliphatic carbocycles. The molecule has 0 radical (unpaired) electrons. The number of hydrogen-bond acceptors (Lipinski definition) is 5. The van der Waals surface area contributed by atoms with E-state index >= 15 is 0 Å². The lowest BCUT2D eigenvalue weighted by atomic mass is 10.2. The van der Waals surface area contributed by atoms with Gasteiger partial charge in [0.05, 0.1) is 7.11 Å². The van der Waals surface area contributed by atoms with Gasteiger partial charge in [0.15, 0.2) is 6.29 Å². The summed E-state index contributed by atoms with van der Waals surface area (Å²) in [6.07, 6.45) is -0.618. The van der Waals surface area contributed by atoms with Crippen molar-refractivity contribution < 1.29 is 28.1 Å². The van der Waals surface area contributed by atoms with Crippen LogP contribution in [-0.4, -0.2) is 40.2 Å². The summed E-state index contributed by atoms with van der Waals surface area (Å²) in [5.74, 6) is -1.49. The van der Waals surface area contributed by atoms with Crippen molar-refractivity contribution in [3.8, 4) is 5.75 Å². The molecule has 0 heterocycles. The van der Waals surface area contributed by atoms with E-state index in [0.717, 1.165) is 6.07 Å². The van der Waals surface area contributed by atoms with Crippen LogP contribution in [-0.2, 0) is 14.2 Å². The minimum Gasteiger partial charge on any atom is -0.487 e. The number of carbonyl (C=O) groups excluding carboxylic acids is 1. The van der Waals surface area contributed by atoms with E-state index in [1.807, 2.05) is 0 Å². The Kier molecular flexibility index (Phi) is 6.20. The average molecular weight is 337 g/mol. The molecule has 0 amide bonds. The number of benzene rings is 1. The van der Waals surface area contributed by atoms with Gasteiger partial charge in [0.1, 0.15) is 23.7 Å². The van der Waals surface area contributed by atoms with Crippen LogP contribution >= 0.6 is 15.9 Å². The summed E-state index contributed by atoms with van der Waals surface area (Å²) >= 11 is 3.12. The van der Waals surface area contributed by atoms with Crippen LogP contribution in [0.15, 0.2) is 16.6 Å². The number of methoxy groups -OCH3 is 3. The van der Waals surface area contributed by atoms with Gasteiger partial charge in [-0.15, -0.1) is 0 Å². The van der Waals surface area contributed by atoms with Crippen molar-refractivity contribution in [3.63, 3.8) is 0 Å². The number of ether oxygens (including phenoxy) is 4. The average Bonchev–Trinajstić information content (AvgIpc) is 2.38.